The van der Waals surface area contributed by atoms with Crippen LogP contribution in [-0.4, -0.2) is 18.5 Å². The van der Waals surface area contributed by atoms with Gasteiger partial charge in [-0.25, -0.2) is 4.79 Å². The summed E-state index contributed by atoms with van der Waals surface area (Å²) in [6.45, 7) is 2.05. The molecule has 3 aromatic carbocycles. The Hall–Kier alpha value is -3.02. The molecule has 1 heterocycles. The van der Waals surface area contributed by atoms with Gasteiger partial charge in [0.25, 0.3) is 5.91 Å². The molecule has 0 spiro atoms. The highest BCUT2D eigenvalue weighted by Gasteiger charge is 2.35. The van der Waals surface area contributed by atoms with Crippen LogP contribution in [-0.2, 0) is 4.74 Å². The number of para-hydroxylation sites is 1. The quantitative estimate of drug-likeness (QED) is 0.509. The minimum atomic E-state index is -0.550. The van der Waals surface area contributed by atoms with E-state index in [2.05, 4.69) is 5.32 Å². The van der Waals surface area contributed by atoms with E-state index in [-0.39, 0.29) is 5.91 Å². The van der Waals surface area contributed by atoms with Crippen LogP contribution in [0.2, 0.25) is 10.0 Å². The van der Waals surface area contributed by atoms with Crippen molar-refractivity contribution in [2.24, 2.45) is 0 Å². The molecule has 1 atom stereocenters. The fourth-order valence-electron chi connectivity index (χ4n) is 3.43. The number of hydrogen-bond donors (Lipinski definition) is 1. The summed E-state index contributed by atoms with van der Waals surface area (Å²) in [6, 6.07) is 19.2. The first-order chi connectivity index (χ1) is 14.5. The Morgan fingerprint density at radius 2 is 1.80 bits per heavy atom. The SMILES string of the molecule is CCOC(=O)c1ccc(N2C(=O)c3ccccc3N[C@@H]2c2ccc(Cl)cc2Cl)cc1. The van der Waals surface area contributed by atoms with Crippen LogP contribution >= 0.6 is 23.2 Å². The first-order valence-corrected chi connectivity index (χ1v) is 10.2. The van der Waals surface area contributed by atoms with Crippen LogP contribution in [0.15, 0.2) is 66.7 Å². The smallest absolute Gasteiger partial charge is 0.338 e. The number of carbonyl (C=O) groups is 2. The van der Waals surface area contributed by atoms with Gasteiger partial charge in [-0.3, -0.25) is 9.69 Å². The average Bonchev–Trinajstić information content (AvgIpc) is 2.74. The van der Waals surface area contributed by atoms with Gasteiger partial charge in [-0.05, 0) is 55.5 Å². The maximum Gasteiger partial charge on any atom is 0.338 e. The van der Waals surface area contributed by atoms with Crippen molar-refractivity contribution >= 4 is 46.5 Å². The predicted molar refractivity (Wildman–Crippen MR) is 118 cm³/mol. The Kier molecular flexibility index (Phi) is 5.66. The summed E-state index contributed by atoms with van der Waals surface area (Å²) >= 11 is 12.5. The minimum Gasteiger partial charge on any atom is -0.462 e. The van der Waals surface area contributed by atoms with Gasteiger partial charge in [0, 0.05) is 27.0 Å². The van der Waals surface area contributed by atoms with Gasteiger partial charge < -0.3 is 10.1 Å². The van der Waals surface area contributed by atoms with E-state index in [1.54, 1.807) is 60.4 Å². The van der Waals surface area contributed by atoms with Gasteiger partial charge in [0.2, 0.25) is 0 Å². The van der Waals surface area contributed by atoms with E-state index in [0.717, 1.165) is 5.69 Å². The highest BCUT2D eigenvalue weighted by Crippen LogP contribution is 2.39. The van der Waals surface area contributed by atoms with Crippen molar-refractivity contribution in [1.29, 1.82) is 0 Å². The fourth-order valence-corrected chi connectivity index (χ4v) is 3.95. The number of benzene rings is 3. The van der Waals surface area contributed by atoms with E-state index in [4.69, 9.17) is 27.9 Å². The highest BCUT2D eigenvalue weighted by molar-refractivity contribution is 6.35. The van der Waals surface area contributed by atoms with Crippen molar-refractivity contribution in [2.75, 3.05) is 16.8 Å². The number of ether oxygens (including phenoxy) is 1. The van der Waals surface area contributed by atoms with Crippen LogP contribution in [0.5, 0.6) is 0 Å². The molecule has 0 radical (unpaired) electrons. The standard InChI is InChI=1S/C23H18Cl2N2O3/c1-2-30-23(29)14-7-10-16(11-8-14)27-21(17-12-9-15(24)13-19(17)25)26-20-6-4-3-5-18(20)22(27)28/h3-13,21,26H,2H2,1H3/t21-/m0/s1. The lowest BCUT2D eigenvalue weighted by Crippen LogP contribution is -2.43. The van der Waals surface area contributed by atoms with E-state index >= 15 is 0 Å². The van der Waals surface area contributed by atoms with Crippen molar-refractivity contribution in [3.63, 3.8) is 0 Å². The monoisotopic (exact) mass is 440 g/mol. The summed E-state index contributed by atoms with van der Waals surface area (Å²) in [5.74, 6) is -0.584. The average molecular weight is 441 g/mol. The molecule has 1 aliphatic rings. The van der Waals surface area contributed by atoms with Gasteiger partial charge in [0.15, 0.2) is 0 Å². The number of halogens is 2. The summed E-state index contributed by atoms with van der Waals surface area (Å²) < 4.78 is 5.04. The molecule has 0 aromatic heterocycles. The first kappa shape index (κ1) is 20.3. The molecule has 152 valence electrons. The van der Waals surface area contributed by atoms with Crippen LogP contribution in [0.1, 0.15) is 39.4 Å². The Bertz CT molecular complexity index is 1120. The molecule has 1 aliphatic heterocycles. The number of rotatable bonds is 4. The molecule has 7 heteroatoms. The number of carbonyl (C=O) groups excluding carboxylic acids is 2. The Balaban J connectivity index is 1.79. The second kappa shape index (κ2) is 8.38. The molecule has 1 amide bonds. The van der Waals surface area contributed by atoms with Gasteiger partial charge >= 0.3 is 5.97 Å². The van der Waals surface area contributed by atoms with Gasteiger partial charge in [-0.15, -0.1) is 0 Å². The molecule has 30 heavy (non-hydrogen) atoms. The largest absolute Gasteiger partial charge is 0.462 e. The van der Waals surface area contributed by atoms with E-state index in [1.807, 2.05) is 18.2 Å². The number of anilines is 2. The maximum atomic E-state index is 13.4. The number of esters is 1. The third-order valence-corrected chi connectivity index (χ3v) is 5.40. The van der Waals surface area contributed by atoms with E-state index in [0.29, 0.717) is 39.0 Å². The first-order valence-electron chi connectivity index (χ1n) is 9.41. The van der Waals surface area contributed by atoms with Gasteiger partial charge in [-0.1, -0.05) is 41.4 Å². The summed E-state index contributed by atoms with van der Waals surface area (Å²) in [5.41, 5.74) is 3.01. The van der Waals surface area contributed by atoms with E-state index in [9.17, 15) is 9.59 Å². The fraction of sp³-hybridized carbons (Fsp3) is 0.130. The topological polar surface area (TPSA) is 58.6 Å². The third-order valence-electron chi connectivity index (χ3n) is 4.84. The van der Waals surface area contributed by atoms with Gasteiger partial charge in [-0.2, -0.15) is 0 Å². The van der Waals surface area contributed by atoms with Crippen molar-refractivity contribution in [3.05, 3.63) is 93.5 Å². The maximum absolute atomic E-state index is 13.4. The number of amides is 1. The lowest BCUT2D eigenvalue weighted by Gasteiger charge is -2.38. The molecular weight excluding hydrogens is 423 g/mol. The molecule has 0 bridgehead atoms. The summed E-state index contributed by atoms with van der Waals surface area (Å²) in [5, 5.41) is 4.35. The normalized spacial score (nSPS) is 15.4. The molecule has 4 rings (SSSR count). The second-order valence-corrected chi connectivity index (χ2v) is 7.54. The molecule has 1 N–H and O–H groups in total. The summed E-state index contributed by atoms with van der Waals surface area (Å²) in [7, 11) is 0. The molecule has 0 fully saturated rings. The lowest BCUT2D eigenvalue weighted by atomic mass is 10.0. The van der Waals surface area contributed by atoms with E-state index in [1.165, 1.54) is 0 Å². The van der Waals surface area contributed by atoms with Crippen LogP contribution in [0.25, 0.3) is 0 Å². The molecule has 3 aromatic rings. The van der Waals surface area contributed by atoms with Crippen molar-refractivity contribution in [1.82, 2.24) is 0 Å². The summed E-state index contributed by atoms with van der Waals surface area (Å²) in [4.78, 5) is 27.0. The number of hydrogen-bond acceptors (Lipinski definition) is 4. The zero-order chi connectivity index (χ0) is 21.3. The van der Waals surface area contributed by atoms with Crippen molar-refractivity contribution in [3.8, 4) is 0 Å². The number of nitrogens with zero attached hydrogens (tertiary/aromatic N) is 1. The molecule has 0 saturated heterocycles. The van der Waals surface area contributed by atoms with E-state index < -0.39 is 12.1 Å². The van der Waals surface area contributed by atoms with Crippen molar-refractivity contribution < 1.29 is 14.3 Å². The van der Waals surface area contributed by atoms with Crippen molar-refractivity contribution in [2.45, 2.75) is 13.1 Å². The molecule has 0 unspecified atom stereocenters. The van der Waals surface area contributed by atoms with Crippen LogP contribution < -0.4 is 10.2 Å². The van der Waals surface area contributed by atoms with Crippen LogP contribution in [0.3, 0.4) is 0 Å². The number of nitrogens with one attached hydrogen (secondary N) is 1. The van der Waals surface area contributed by atoms with Gasteiger partial charge in [0.1, 0.15) is 6.17 Å². The summed E-state index contributed by atoms with van der Waals surface area (Å²) in [6.07, 6.45) is -0.550. The predicted octanol–water partition coefficient (Wildman–Crippen LogP) is 5.94. The Labute approximate surface area is 184 Å². The molecule has 5 nitrogen and oxygen atoms in total. The Morgan fingerprint density at radius 3 is 2.50 bits per heavy atom. The molecule has 0 saturated carbocycles. The zero-order valence-electron chi connectivity index (χ0n) is 16.1. The third kappa shape index (κ3) is 3.74. The minimum absolute atomic E-state index is 0.177. The highest BCUT2D eigenvalue weighted by atomic mass is 35.5. The number of fused-ring (bicyclic) bond motifs is 1. The zero-order valence-corrected chi connectivity index (χ0v) is 17.6. The lowest BCUT2D eigenvalue weighted by molar-refractivity contribution is 0.0526. The molecule has 0 aliphatic carbocycles. The van der Waals surface area contributed by atoms with Crippen LogP contribution in [0.4, 0.5) is 11.4 Å². The Morgan fingerprint density at radius 1 is 1.07 bits per heavy atom. The van der Waals surface area contributed by atoms with Crippen LogP contribution in [0, 0.1) is 0 Å². The second-order valence-electron chi connectivity index (χ2n) is 6.70. The molecular formula is C23H18Cl2N2O3. The van der Waals surface area contributed by atoms with Gasteiger partial charge in [0.05, 0.1) is 17.7 Å².